The fraction of sp³-hybridized carbons (Fsp3) is 1.00. The van der Waals surface area contributed by atoms with Gasteiger partial charge in [-0.3, -0.25) is 0 Å². The molecule has 0 bridgehead atoms. The van der Waals surface area contributed by atoms with Gasteiger partial charge < -0.3 is 23.7 Å². The number of aliphatic hydroxyl groups excluding tert-OH is 1. The average molecular weight is 279 g/mol. The van der Waals surface area contributed by atoms with Gasteiger partial charge in [0.15, 0.2) is 0 Å². The third-order valence-electron chi connectivity index (χ3n) is 2.37. The second-order valence-corrected chi connectivity index (χ2v) is 6.87. The van der Waals surface area contributed by atoms with Crippen LogP contribution in [0.4, 0.5) is 0 Å². The second-order valence-electron chi connectivity index (χ2n) is 4.14. The van der Waals surface area contributed by atoms with Gasteiger partial charge in [-0.25, -0.2) is 0 Å². The van der Waals surface area contributed by atoms with Crippen LogP contribution < -0.4 is 5.32 Å². The first-order valence-corrected chi connectivity index (χ1v) is 8.84. The van der Waals surface area contributed by atoms with Gasteiger partial charge in [0.1, 0.15) is 0 Å². The molecular weight excluding hydrogens is 250 g/mol. The molecule has 0 rings (SSSR count). The van der Waals surface area contributed by atoms with Gasteiger partial charge in [-0.2, -0.15) is 0 Å². The van der Waals surface area contributed by atoms with Crippen molar-refractivity contribution in [2.45, 2.75) is 46.3 Å². The van der Waals surface area contributed by atoms with Gasteiger partial charge in [-0.15, -0.1) is 0 Å². The standard InChI is InChI=1S/C12H29NO4Si/c1-5-15-18(16-6-2,17-7-3)10-8-9-13-11-12(4)14/h12-14H,5-11H2,1-4H3. The Balaban J connectivity index is 4.04. The SMILES string of the molecule is CCO[Si](CCCNCC(C)O)(OCC)OCC. The van der Waals surface area contributed by atoms with E-state index in [0.717, 1.165) is 19.0 Å². The van der Waals surface area contributed by atoms with Crippen molar-refractivity contribution >= 4 is 8.80 Å². The lowest BCUT2D eigenvalue weighted by atomic mass is 10.4. The molecule has 0 radical (unpaired) electrons. The molecule has 1 unspecified atom stereocenters. The predicted molar refractivity (Wildman–Crippen MR) is 74.6 cm³/mol. The van der Waals surface area contributed by atoms with E-state index in [4.69, 9.17) is 18.4 Å². The van der Waals surface area contributed by atoms with E-state index in [1.165, 1.54) is 0 Å². The quantitative estimate of drug-likeness (QED) is 0.418. The molecule has 0 fully saturated rings. The van der Waals surface area contributed by atoms with E-state index in [-0.39, 0.29) is 6.10 Å². The molecule has 0 aliphatic rings. The molecule has 0 amide bonds. The summed E-state index contributed by atoms with van der Waals surface area (Å²) in [6, 6.07) is 0.815. The largest absolute Gasteiger partial charge is 0.500 e. The zero-order valence-corrected chi connectivity index (χ0v) is 13.2. The molecule has 0 aliphatic heterocycles. The van der Waals surface area contributed by atoms with Gasteiger partial charge in [0.25, 0.3) is 0 Å². The Morgan fingerprint density at radius 3 is 1.94 bits per heavy atom. The molecule has 18 heavy (non-hydrogen) atoms. The summed E-state index contributed by atoms with van der Waals surface area (Å²) in [6.45, 7) is 11.0. The van der Waals surface area contributed by atoms with Crippen LogP contribution in [0.1, 0.15) is 34.1 Å². The molecule has 0 saturated heterocycles. The van der Waals surface area contributed by atoms with Crippen molar-refractivity contribution in [3.8, 4) is 0 Å². The van der Waals surface area contributed by atoms with Gasteiger partial charge in [-0.1, -0.05) is 0 Å². The smallest absolute Gasteiger partial charge is 0.392 e. The Labute approximate surface area is 112 Å². The Bertz CT molecular complexity index is 176. The summed E-state index contributed by atoms with van der Waals surface area (Å²) < 4.78 is 17.3. The van der Waals surface area contributed by atoms with Crippen LogP contribution in [0.15, 0.2) is 0 Å². The number of aliphatic hydroxyl groups is 1. The van der Waals surface area contributed by atoms with E-state index in [1.54, 1.807) is 6.92 Å². The van der Waals surface area contributed by atoms with Crippen molar-refractivity contribution < 1.29 is 18.4 Å². The van der Waals surface area contributed by atoms with E-state index in [2.05, 4.69) is 5.32 Å². The maximum absolute atomic E-state index is 9.14. The first-order valence-electron chi connectivity index (χ1n) is 6.90. The minimum atomic E-state index is -2.48. The summed E-state index contributed by atoms with van der Waals surface area (Å²) in [5, 5.41) is 12.3. The van der Waals surface area contributed by atoms with Crippen LogP contribution in [-0.4, -0.2) is 52.9 Å². The summed E-state index contributed by atoms with van der Waals surface area (Å²) in [5.41, 5.74) is 0. The lowest BCUT2D eigenvalue weighted by Gasteiger charge is -2.28. The molecule has 5 nitrogen and oxygen atoms in total. The third-order valence-corrected chi connectivity index (χ3v) is 5.52. The van der Waals surface area contributed by atoms with Gasteiger partial charge in [0.2, 0.25) is 0 Å². The van der Waals surface area contributed by atoms with Crippen LogP contribution in [0.3, 0.4) is 0 Å². The van der Waals surface area contributed by atoms with E-state index in [1.807, 2.05) is 20.8 Å². The van der Waals surface area contributed by atoms with E-state index in [9.17, 15) is 0 Å². The summed E-state index contributed by atoms with van der Waals surface area (Å²) in [5.74, 6) is 0. The van der Waals surface area contributed by atoms with Crippen LogP contribution in [0.2, 0.25) is 6.04 Å². The first kappa shape index (κ1) is 18.0. The highest BCUT2D eigenvalue weighted by Gasteiger charge is 2.39. The van der Waals surface area contributed by atoms with E-state index < -0.39 is 8.80 Å². The molecule has 0 aromatic heterocycles. The van der Waals surface area contributed by atoms with Gasteiger partial charge >= 0.3 is 8.80 Å². The fourth-order valence-corrected chi connectivity index (χ4v) is 4.35. The molecule has 1 atom stereocenters. The Hall–Kier alpha value is 0.0169. The minimum absolute atomic E-state index is 0.308. The Morgan fingerprint density at radius 2 is 1.56 bits per heavy atom. The number of hydrogen-bond acceptors (Lipinski definition) is 5. The zero-order chi connectivity index (χ0) is 13.9. The van der Waals surface area contributed by atoms with E-state index >= 15 is 0 Å². The predicted octanol–water partition coefficient (Wildman–Crippen LogP) is 1.40. The first-order chi connectivity index (χ1) is 8.60. The molecule has 0 aromatic carbocycles. The molecule has 0 aromatic rings. The lowest BCUT2D eigenvalue weighted by Crippen LogP contribution is -2.46. The summed E-state index contributed by atoms with van der Waals surface area (Å²) in [6.07, 6.45) is 0.622. The number of hydrogen-bond donors (Lipinski definition) is 2. The fourth-order valence-electron chi connectivity index (χ4n) is 1.74. The summed E-state index contributed by atoms with van der Waals surface area (Å²) in [7, 11) is -2.48. The lowest BCUT2D eigenvalue weighted by molar-refractivity contribution is 0.0708. The molecular formula is C12H29NO4Si. The van der Waals surface area contributed by atoms with E-state index in [0.29, 0.717) is 26.4 Å². The normalized spacial score (nSPS) is 13.8. The zero-order valence-electron chi connectivity index (χ0n) is 12.2. The van der Waals surface area contributed by atoms with Crippen LogP contribution in [0, 0.1) is 0 Å². The summed E-state index contributed by atoms with van der Waals surface area (Å²) in [4.78, 5) is 0. The topological polar surface area (TPSA) is 60.0 Å². The number of rotatable bonds is 12. The van der Waals surface area contributed by atoms with Crippen molar-refractivity contribution in [1.29, 1.82) is 0 Å². The van der Waals surface area contributed by atoms with Crippen LogP contribution in [0.5, 0.6) is 0 Å². The third kappa shape index (κ3) is 8.18. The second kappa shape index (κ2) is 10.9. The van der Waals surface area contributed by atoms with Crippen molar-refractivity contribution in [3.63, 3.8) is 0 Å². The molecule has 110 valence electrons. The maximum Gasteiger partial charge on any atom is 0.500 e. The highest BCUT2D eigenvalue weighted by Crippen LogP contribution is 2.17. The monoisotopic (exact) mass is 279 g/mol. The van der Waals surface area contributed by atoms with Crippen molar-refractivity contribution in [2.24, 2.45) is 0 Å². The highest BCUT2D eigenvalue weighted by molar-refractivity contribution is 6.60. The van der Waals surface area contributed by atoms with Gasteiger partial charge in [0, 0.05) is 32.4 Å². The van der Waals surface area contributed by atoms with Gasteiger partial charge in [0.05, 0.1) is 6.10 Å². The van der Waals surface area contributed by atoms with Gasteiger partial charge in [-0.05, 0) is 40.7 Å². The maximum atomic E-state index is 9.14. The van der Waals surface area contributed by atoms with Crippen molar-refractivity contribution in [2.75, 3.05) is 32.9 Å². The van der Waals surface area contributed by atoms with Crippen LogP contribution in [0.25, 0.3) is 0 Å². The average Bonchev–Trinajstić information content (AvgIpc) is 2.29. The molecule has 0 spiro atoms. The molecule has 0 saturated carbocycles. The molecule has 6 heteroatoms. The highest BCUT2D eigenvalue weighted by atomic mass is 28.4. The van der Waals surface area contributed by atoms with Crippen molar-refractivity contribution in [1.82, 2.24) is 5.32 Å². The molecule has 2 N–H and O–H groups in total. The van der Waals surface area contributed by atoms with Crippen LogP contribution >= 0.6 is 0 Å². The molecule has 0 aliphatic carbocycles. The minimum Gasteiger partial charge on any atom is -0.392 e. The Kier molecular flexibility index (Phi) is 10.9. The van der Waals surface area contributed by atoms with Crippen LogP contribution in [-0.2, 0) is 13.3 Å². The molecule has 0 heterocycles. The Morgan fingerprint density at radius 1 is 1.06 bits per heavy atom. The number of nitrogens with one attached hydrogen (secondary N) is 1. The summed E-state index contributed by atoms with van der Waals surface area (Å²) >= 11 is 0. The van der Waals surface area contributed by atoms with Crippen molar-refractivity contribution in [3.05, 3.63) is 0 Å².